The summed E-state index contributed by atoms with van der Waals surface area (Å²) >= 11 is 2.89. The second kappa shape index (κ2) is 9.54. The van der Waals surface area contributed by atoms with Gasteiger partial charge in [-0.3, -0.25) is 4.79 Å². The molecule has 9 heteroatoms. The van der Waals surface area contributed by atoms with Crippen LogP contribution in [0.15, 0.2) is 36.1 Å². The van der Waals surface area contributed by atoms with Crippen molar-refractivity contribution in [3.05, 3.63) is 58.5 Å². The number of thiophene rings is 1. The minimum Gasteiger partial charge on any atom is -0.354 e. The number of thioether (sulfide) groups is 1. The van der Waals surface area contributed by atoms with Gasteiger partial charge in [0.05, 0.1) is 11.3 Å². The van der Waals surface area contributed by atoms with Gasteiger partial charge in [0.25, 0.3) is 0 Å². The van der Waals surface area contributed by atoms with Crippen LogP contribution in [-0.4, -0.2) is 31.0 Å². The topological polar surface area (TPSA) is 88.5 Å². The lowest BCUT2D eigenvalue weighted by Crippen LogP contribution is -2.15. The van der Waals surface area contributed by atoms with Crippen molar-refractivity contribution in [1.82, 2.24) is 19.3 Å². The summed E-state index contributed by atoms with van der Waals surface area (Å²) in [4.78, 5) is 13.9. The monoisotopic (exact) mass is 452 g/mol. The van der Waals surface area contributed by atoms with Crippen molar-refractivity contribution in [2.45, 2.75) is 43.8 Å². The molecule has 0 unspecified atom stereocenters. The summed E-state index contributed by atoms with van der Waals surface area (Å²) in [5.41, 5.74) is 2.90. The number of nitrogens with one attached hydrogen (secondary N) is 1. The van der Waals surface area contributed by atoms with Crippen molar-refractivity contribution < 1.29 is 4.79 Å². The minimum atomic E-state index is -0.141. The number of hydrogen-bond donors (Lipinski definition) is 1. The molecule has 0 fully saturated rings. The normalized spacial score (nSPS) is 12.9. The number of hydrogen-bond acceptors (Lipinski definition) is 6. The standard InChI is InChI=1S/C22H24N6OS2/c1-3-10-28-19(12-15-7-6-11-27(15)2)25-26-22(28)30-14-20(29)24-21-17(13-23)16-8-4-5-9-18(16)31-21/h3,6-7,11H,1,4-5,8-10,12,14H2,2H3,(H,24,29). The lowest BCUT2D eigenvalue weighted by molar-refractivity contribution is -0.113. The number of aromatic nitrogens is 4. The second-order valence-electron chi connectivity index (χ2n) is 7.45. The van der Waals surface area contributed by atoms with E-state index in [-0.39, 0.29) is 11.7 Å². The van der Waals surface area contributed by atoms with Crippen LogP contribution in [0.3, 0.4) is 0 Å². The SMILES string of the molecule is C=CCn1c(Cc2cccn2C)nnc1SCC(=O)Nc1sc2c(c1C#N)CCCC2. The van der Waals surface area contributed by atoms with Gasteiger partial charge in [0.15, 0.2) is 5.16 Å². The molecule has 1 amide bonds. The Kier molecular flexibility index (Phi) is 6.59. The molecule has 4 rings (SSSR count). The Balaban J connectivity index is 1.44. The fourth-order valence-electron chi connectivity index (χ4n) is 3.78. The summed E-state index contributed by atoms with van der Waals surface area (Å²) in [6.07, 6.45) is 8.63. The summed E-state index contributed by atoms with van der Waals surface area (Å²) in [7, 11) is 2.00. The van der Waals surface area contributed by atoms with Gasteiger partial charge in [-0.25, -0.2) is 0 Å². The van der Waals surface area contributed by atoms with E-state index in [4.69, 9.17) is 0 Å². The van der Waals surface area contributed by atoms with Crippen LogP contribution < -0.4 is 5.32 Å². The Morgan fingerprint density at radius 3 is 3.00 bits per heavy atom. The Morgan fingerprint density at radius 2 is 2.26 bits per heavy atom. The zero-order valence-corrected chi connectivity index (χ0v) is 19.1. The number of fused-ring (bicyclic) bond motifs is 1. The molecule has 0 saturated heterocycles. The number of amides is 1. The molecule has 0 spiro atoms. The van der Waals surface area contributed by atoms with E-state index in [1.165, 1.54) is 16.6 Å². The summed E-state index contributed by atoms with van der Waals surface area (Å²) in [6.45, 7) is 4.41. The first kappa shape index (κ1) is 21.4. The number of carbonyl (C=O) groups excluding carboxylic acids is 1. The molecule has 0 aromatic carbocycles. The molecule has 7 nitrogen and oxygen atoms in total. The van der Waals surface area contributed by atoms with E-state index < -0.39 is 0 Å². The Labute approximate surface area is 189 Å². The highest BCUT2D eigenvalue weighted by atomic mass is 32.2. The molecule has 0 aliphatic heterocycles. The van der Waals surface area contributed by atoms with E-state index in [0.717, 1.165) is 42.8 Å². The summed E-state index contributed by atoms with van der Waals surface area (Å²) in [5.74, 6) is 0.895. The molecule has 0 bridgehead atoms. The van der Waals surface area contributed by atoms with Crippen molar-refractivity contribution in [3.8, 4) is 6.07 Å². The first-order valence-electron chi connectivity index (χ1n) is 10.2. The molecule has 3 aromatic rings. The van der Waals surface area contributed by atoms with Gasteiger partial charge in [-0.05, 0) is 43.4 Å². The zero-order chi connectivity index (χ0) is 21.8. The van der Waals surface area contributed by atoms with Crippen LogP contribution in [0.25, 0.3) is 0 Å². The average molecular weight is 453 g/mol. The van der Waals surface area contributed by atoms with Crippen LogP contribution in [0.1, 0.15) is 40.4 Å². The van der Waals surface area contributed by atoms with E-state index in [1.807, 2.05) is 23.9 Å². The maximum absolute atomic E-state index is 12.6. The van der Waals surface area contributed by atoms with Gasteiger partial charge in [-0.1, -0.05) is 17.8 Å². The maximum Gasteiger partial charge on any atom is 0.235 e. The number of nitriles is 1. The van der Waals surface area contributed by atoms with Gasteiger partial charge in [0.2, 0.25) is 5.91 Å². The zero-order valence-electron chi connectivity index (χ0n) is 17.4. The third kappa shape index (κ3) is 4.60. The van der Waals surface area contributed by atoms with Crippen molar-refractivity contribution in [1.29, 1.82) is 5.26 Å². The van der Waals surface area contributed by atoms with Gasteiger partial charge in [0.1, 0.15) is 16.9 Å². The van der Waals surface area contributed by atoms with Crippen molar-refractivity contribution in [2.24, 2.45) is 7.05 Å². The van der Waals surface area contributed by atoms with E-state index in [0.29, 0.717) is 28.7 Å². The van der Waals surface area contributed by atoms with E-state index in [2.05, 4.69) is 38.8 Å². The number of anilines is 1. The smallest absolute Gasteiger partial charge is 0.235 e. The van der Waals surface area contributed by atoms with Crippen LogP contribution in [0.4, 0.5) is 5.00 Å². The highest BCUT2D eigenvalue weighted by Gasteiger charge is 2.22. The largest absolute Gasteiger partial charge is 0.354 e. The lowest BCUT2D eigenvalue weighted by atomic mass is 9.96. The Hall–Kier alpha value is -2.83. The molecule has 31 heavy (non-hydrogen) atoms. The van der Waals surface area contributed by atoms with Crippen LogP contribution in [0.2, 0.25) is 0 Å². The molecule has 3 aromatic heterocycles. The average Bonchev–Trinajstić information content (AvgIpc) is 3.44. The molecule has 0 atom stereocenters. The van der Waals surface area contributed by atoms with Crippen LogP contribution in [-0.2, 0) is 37.6 Å². The van der Waals surface area contributed by atoms with Gasteiger partial charge < -0.3 is 14.5 Å². The molecule has 0 radical (unpaired) electrons. The van der Waals surface area contributed by atoms with E-state index in [1.54, 1.807) is 17.4 Å². The molecular weight excluding hydrogens is 428 g/mol. The van der Waals surface area contributed by atoms with Crippen LogP contribution >= 0.6 is 23.1 Å². The first-order chi connectivity index (χ1) is 15.1. The molecule has 1 aliphatic rings. The lowest BCUT2D eigenvalue weighted by Gasteiger charge is -2.09. The number of aryl methyl sites for hydroxylation is 2. The van der Waals surface area contributed by atoms with Gasteiger partial charge in [-0.15, -0.1) is 28.1 Å². The summed E-state index contributed by atoms with van der Waals surface area (Å²) in [5, 5.41) is 22.5. The van der Waals surface area contributed by atoms with Gasteiger partial charge in [0, 0.05) is 36.8 Å². The minimum absolute atomic E-state index is 0.141. The number of allylic oxidation sites excluding steroid dienone is 1. The van der Waals surface area contributed by atoms with Crippen molar-refractivity contribution >= 4 is 34.0 Å². The molecular formula is C22H24N6OS2. The molecule has 3 heterocycles. The highest BCUT2D eigenvalue weighted by Crippen LogP contribution is 2.37. The quantitative estimate of drug-likeness (QED) is 0.413. The van der Waals surface area contributed by atoms with Crippen molar-refractivity contribution in [3.63, 3.8) is 0 Å². The fraction of sp³-hybridized carbons (Fsp3) is 0.364. The Morgan fingerprint density at radius 1 is 1.42 bits per heavy atom. The summed E-state index contributed by atoms with van der Waals surface area (Å²) < 4.78 is 4.04. The van der Waals surface area contributed by atoms with Gasteiger partial charge in [-0.2, -0.15) is 5.26 Å². The van der Waals surface area contributed by atoms with Crippen molar-refractivity contribution in [2.75, 3.05) is 11.1 Å². The maximum atomic E-state index is 12.6. The predicted molar refractivity (Wildman–Crippen MR) is 123 cm³/mol. The first-order valence-corrected chi connectivity index (χ1v) is 12.0. The number of carbonyl (C=O) groups is 1. The van der Waals surface area contributed by atoms with E-state index >= 15 is 0 Å². The molecule has 1 N–H and O–H groups in total. The van der Waals surface area contributed by atoms with Crippen LogP contribution in [0, 0.1) is 11.3 Å². The second-order valence-corrected chi connectivity index (χ2v) is 9.50. The number of nitrogens with zero attached hydrogens (tertiary/aromatic N) is 5. The molecule has 0 saturated carbocycles. The van der Waals surface area contributed by atoms with Gasteiger partial charge >= 0.3 is 0 Å². The van der Waals surface area contributed by atoms with Crippen LogP contribution in [0.5, 0.6) is 0 Å². The third-order valence-corrected chi connectivity index (χ3v) is 7.54. The Bertz CT molecular complexity index is 1150. The highest BCUT2D eigenvalue weighted by molar-refractivity contribution is 7.99. The number of rotatable bonds is 8. The third-order valence-electron chi connectivity index (χ3n) is 5.36. The predicted octanol–water partition coefficient (Wildman–Crippen LogP) is 3.94. The fourth-order valence-corrected chi connectivity index (χ4v) is 5.80. The summed E-state index contributed by atoms with van der Waals surface area (Å²) in [6, 6.07) is 6.34. The molecule has 160 valence electrons. The van der Waals surface area contributed by atoms with E-state index in [9.17, 15) is 10.1 Å². The molecule has 1 aliphatic carbocycles.